The summed E-state index contributed by atoms with van der Waals surface area (Å²) in [5.41, 5.74) is 6.55. The van der Waals surface area contributed by atoms with Gasteiger partial charge in [0.1, 0.15) is 18.2 Å². The van der Waals surface area contributed by atoms with E-state index in [0.29, 0.717) is 12.4 Å². The van der Waals surface area contributed by atoms with Crippen LogP contribution in [0.5, 0.6) is 5.75 Å². The Morgan fingerprint density at radius 2 is 2.11 bits per heavy atom. The average molecular weight is 252 g/mol. The first-order valence-corrected chi connectivity index (χ1v) is 6.57. The number of halogens is 1. The predicted octanol–water partition coefficient (Wildman–Crippen LogP) is 2.32. The summed E-state index contributed by atoms with van der Waals surface area (Å²) < 4.78 is 18.9. The minimum atomic E-state index is -0.269. The van der Waals surface area contributed by atoms with Gasteiger partial charge in [0.15, 0.2) is 0 Å². The van der Waals surface area contributed by atoms with E-state index in [0.717, 1.165) is 25.2 Å². The summed E-state index contributed by atoms with van der Waals surface area (Å²) in [4.78, 5) is 2.38. The summed E-state index contributed by atoms with van der Waals surface area (Å²) >= 11 is 0. The molecule has 0 saturated carbocycles. The van der Waals surface area contributed by atoms with Crippen LogP contribution in [0.2, 0.25) is 0 Å². The van der Waals surface area contributed by atoms with E-state index in [2.05, 4.69) is 4.90 Å². The maximum absolute atomic E-state index is 13.2. The monoisotopic (exact) mass is 252 g/mol. The number of nitrogens with two attached hydrogens (primary N) is 1. The lowest BCUT2D eigenvalue weighted by Crippen LogP contribution is -2.25. The Bertz CT molecular complexity index is 389. The SMILES string of the molecule is C[C@@H](N)c1cc(F)ccc1OCCN1CCCC1. The van der Waals surface area contributed by atoms with Gasteiger partial charge in [-0.05, 0) is 51.1 Å². The average Bonchev–Trinajstić information content (AvgIpc) is 2.84. The van der Waals surface area contributed by atoms with E-state index in [1.54, 1.807) is 6.07 Å². The van der Waals surface area contributed by atoms with Gasteiger partial charge in [-0.1, -0.05) is 0 Å². The van der Waals surface area contributed by atoms with E-state index in [1.807, 2.05) is 6.92 Å². The van der Waals surface area contributed by atoms with Crippen molar-refractivity contribution >= 4 is 0 Å². The third kappa shape index (κ3) is 3.43. The lowest BCUT2D eigenvalue weighted by Gasteiger charge is -2.17. The molecule has 1 saturated heterocycles. The van der Waals surface area contributed by atoms with Crippen LogP contribution in [0, 0.1) is 5.82 Å². The van der Waals surface area contributed by atoms with Crippen LogP contribution in [0.4, 0.5) is 4.39 Å². The summed E-state index contributed by atoms with van der Waals surface area (Å²) in [6, 6.07) is 4.31. The molecule has 1 aliphatic heterocycles. The molecule has 0 unspecified atom stereocenters. The second kappa shape index (κ2) is 6.16. The number of hydrogen-bond acceptors (Lipinski definition) is 3. The number of ether oxygens (including phenoxy) is 1. The molecule has 1 fully saturated rings. The molecular formula is C14H21FN2O. The number of nitrogens with zero attached hydrogens (tertiary/aromatic N) is 1. The standard InChI is InChI=1S/C14H21FN2O/c1-11(16)13-10-12(15)4-5-14(13)18-9-8-17-6-2-3-7-17/h4-5,10-11H,2-3,6-9,16H2,1H3/t11-/m1/s1. The third-order valence-corrected chi connectivity index (χ3v) is 3.33. The zero-order valence-electron chi connectivity index (χ0n) is 10.9. The molecule has 1 aromatic rings. The molecule has 0 amide bonds. The van der Waals surface area contributed by atoms with Crippen molar-refractivity contribution in [3.63, 3.8) is 0 Å². The molecule has 2 N–H and O–H groups in total. The molecular weight excluding hydrogens is 231 g/mol. The molecule has 18 heavy (non-hydrogen) atoms. The van der Waals surface area contributed by atoms with E-state index in [1.165, 1.54) is 25.0 Å². The fraction of sp³-hybridized carbons (Fsp3) is 0.571. The van der Waals surface area contributed by atoms with Crippen LogP contribution in [0.15, 0.2) is 18.2 Å². The van der Waals surface area contributed by atoms with Crippen LogP contribution in [0.1, 0.15) is 31.4 Å². The summed E-state index contributed by atoms with van der Waals surface area (Å²) in [6.07, 6.45) is 2.56. The Hall–Kier alpha value is -1.13. The molecule has 2 rings (SSSR count). The van der Waals surface area contributed by atoms with Crippen LogP contribution < -0.4 is 10.5 Å². The van der Waals surface area contributed by atoms with E-state index in [9.17, 15) is 4.39 Å². The smallest absolute Gasteiger partial charge is 0.124 e. The first kappa shape index (κ1) is 13.3. The van der Waals surface area contributed by atoms with Gasteiger partial charge in [-0.25, -0.2) is 4.39 Å². The topological polar surface area (TPSA) is 38.5 Å². The van der Waals surface area contributed by atoms with Crippen molar-refractivity contribution in [3.8, 4) is 5.75 Å². The Balaban J connectivity index is 1.91. The normalized spacial score (nSPS) is 17.9. The molecule has 1 heterocycles. The van der Waals surface area contributed by atoms with Crippen LogP contribution in [0.25, 0.3) is 0 Å². The van der Waals surface area contributed by atoms with Crippen molar-refractivity contribution in [2.24, 2.45) is 5.73 Å². The zero-order chi connectivity index (χ0) is 13.0. The van der Waals surface area contributed by atoms with Crippen molar-refractivity contribution < 1.29 is 9.13 Å². The van der Waals surface area contributed by atoms with Gasteiger partial charge >= 0.3 is 0 Å². The summed E-state index contributed by atoms with van der Waals surface area (Å²) in [5, 5.41) is 0. The largest absolute Gasteiger partial charge is 0.492 e. The number of benzene rings is 1. The van der Waals surface area contributed by atoms with Crippen LogP contribution in [-0.4, -0.2) is 31.1 Å². The lowest BCUT2D eigenvalue weighted by atomic mass is 10.1. The molecule has 1 aromatic carbocycles. The van der Waals surface area contributed by atoms with Crippen molar-refractivity contribution in [2.45, 2.75) is 25.8 Å². The third-order valence-electron chi connectivity index (χ3n) is 3.33. The highest BCUT2D eigenvalue weighted by molar-refractivity contribution is 5.36. The zero-order valence-corrected chi connectivity index (χ0v) is 10.9. The quantitative estimate of drug-likeness (QED) is 0.874. The molecule has 4 heteroatoms. The van der Waals surface area contributed by atoms with Crippen molar-refractivity contribution in [2.75, 3.05) is 26.2 Å². The van der Waals surface area contributed by atoms with E-state index < -0.39 is 0 Å². The first-order valence-electron chi connectivity index (χ1n) is 6.57. The van der Waals surface area contributed by atoms with E-state index in [-0.39, 0.29) is 11.9 Å². The molecule has 0 spiro atoms. The first-order chi connectivity index (χ1) is 8.66. The minimum absolute atomic E-state index is 0.220. The Labute approximate surface area is 108 Å². The van der Waals surface area contributed by atoms with E-state index >= 15 is 0 Å². The lowest BCUT2D eigenvalue weighted by molar-refractivity contribution is 0.235. The second-order valence-corrected chi connectivity index (χ2v) is 4.87. The molecule has 100 valence electrons. The van der Waals surface area contributed by atoms with Crippen molar-refractivity contribution in [1.29, 1.82) is 0 Å². The molecule has 0 bridgehead atoms. The highest BCUT2D eigenvalue weighted by Crippen LogP contribution is 2.24. The predicted molar refractivity (Wildman–Crippen MR) is 70.2 cm³/mol. The number of hydrogen-bond donors (Lipinski definition) is 1. The molecule has 1 aliphatic rings. The van der Waals surface area contributed by atoms with Gasteiger partial charge in [0.05, 0.1) is 0 Å². The highest BCUT2D eigenvalue weighted by Gasteiger charge is 2.13. The van der Waals surface area contributed by atoms with Gasteiger partial charge in [0.2, 0.25) is 0 Å². The fourth-order valence-electron chi connectivity index (χ4n) is 2.30. The summed E-state index contributed by atoms with van der Waals surface area (Å²) in [6.45, 7) is 5.71. The maximum Gasteiger partial charge on any atom is 0.124 e. The van der Waals surface area contributed by atoms with E-state index in [4.69, 9.17) is 10.5 Å². The Morgan fingerprint density at radius 1 is 1.39 bits per heavy atom. The van der Waals surface area contributed by atoms with Crippen LogP contribution >= 0.6 is 0 Å². The van der Waals surface area contributed by atoms with Crippen molar-refractivity contribution in [3.05, 3.63) is 29.6 Å². The van der Waals surface area contributed by atoms with Gasteiger partial charge in [-0.3, -0.25) is 4.90 Å². The maximum atomic E-state index is 13.2. The van der Waals surface area contributed by atoms with Gasteiger partial charge in [-0.2, -0.15) is 0 Å². The van der Waals surface area contributed by atoms with Gasteiger partial charge in [-0.15, -0.1) is 0 Å². The van der Waals surface area contributed by atoms with Crippen LogP contribution in [0.3, 0.4) is 0 Å². The Morgan fingerprint density at radius 3 is 2.78 bits per heavy atom. The molecule has 0 aromatic heterocycles. The van der Waals surface area contributed by atoms with Gasteiger partial charge in [0, 0.05) is 18.2 Å². The Kier molecular flexibility index (Phi) is 4.55. The fourth-order valence-corrected chi connectivity index (χ4v) is 2.30. The minimum Gasteiger partial charge on any atom is -0.492 e. The van der Waals surface area contributed by atoms with Gasteiger partial charge in [0.25, 0.3) is 0 Å². The molecule has 0 radical (unpaired) electrons. The number of likely N-dealkylation sites (tertiary alicyclic amines) is 1. The summed E-state index contributed by atoms with van der Waals surface area (Å²) in [5.74, 6) is 0.430. The van der Waals surface area contributed by atoms with Crippen molar-refractivity contribution in [1.82, 2.24) is 4.90 Å². The van der Waals surface area contributed by atoms with Gasteiger partial charge < -0.3 is 10.5 Å². The highest BCUT2D eigenvalue weighted by atomic mass is 19.1. The molecule has 1 atom stereocenters. The van der Waals surface area contributed by atoms with Crippen LogP contribution in [-0.2, 0) is 0 Å². The molecule has 0 aliphatic carbocycles. The second-order valence-electron chi connectivity index (χ2n) is 4.87. The summed E-state index contributed by atoms with van der Waals surface area (Å²) in [7, 11) is 0. The molecule has 3 nitrogen and oxygen atoms in total. The number of rotatable bonds is 5.